The van der Waals surface area contributed by atoms with E-state index in [0.717, 1.165) is 6.54 Å². The van der Waals surface area contributed by atoms with Gasteiger partial charge in [-0.15, -0.1) is 11.3 Å². The van der Waals surface area contributed by atoms with Crippen molar-refractivity contribution in [1.29, 1.82) is 0 Å². The second-order valence-corrected chi connectivity index (χ2v) is 5.27. The van der Waals surface area contributed by atoms with Crippen LogP contribution in [0.4, 0.5) is 0 Å². The Kier molecular flexibility index (Phi) is 3.78. The molecule has 0 bridgehead atoms. The second-order valence-electron chi connectivity index (χ2n) is 4.29. The minimum absolute atomic E-state index is 0.419. The smallest absolute Gasteiger partial charge is 0.0704 e. The zero-order valence-electron chi connectivity index (χ0n) is 9.40. The van der Waals surface area contributed by atoms with Crippen molar-refractivity contribution < 1.29 is 4.74 Å². The third-order valence-corrected chi connectivity index (χ3v) is 4.00. The molecule has 0 spiro atoms. The molecule has 2 heterocycles. The Morgan fingerprint density at radius 3 is 3.07 bits per heavy atom. The van der Waals surface area contributed by atoms with E-state index in [9.17, 15) is 0 Å². The Hall–Kier alpha value is -0.380. The van der Waals surface area contributed by atoms with Gasteiger partial charge in [-0.3, -0.25) is 0 Å². The molecule has 0 aromatic carbocycles. The van der Waals surface area contributed by atoms with Crippen LogP contribution in [0.5, 0.6) is 0 Å². The lowest BCUT2D eigenvalue weighted by molar-refractivity contribution is 0.0547. The van der Waals surface area contributed by atoms with Gasteiger partial charge in [0.2, 0.25) is 0 Å². The Bertz CT molecular complexity index is 286. The average Bonchev–Trinajstić information content (AvgIpc) is 2.84. The third-order valence-electron chi connectivity index (χ3n) is 2.94. The van der Waals surface area contributed by atoms with Crippen LogP contribution in [0.15, 0.2) is 17.5 Å². The topological polar surface area (TPSA) is 21.3 Å². The van der Waals surface area contributed by atoms with Crippen LogP contribution in [0.1, 0.15) is 37.6 Å². The fourth-order valence-electron chi connectivity index (χ4n) is 1.98. The normalized spacial score (nSPS) is 28.1. The van der Waals surface area contributed by atoms with Gasteiger partial charge in [-0.2, -0.15) is 0 Å². The summed E-state index contributed by atoms with van der Waals surface area (Å²) in [7, 11) is 0. The Morgan fingerprint density at radius 1 is 1.60 bits per heavy atom. The lowest BCUT2D eigenvalue weighted by Gasteiger charge is -2.16. The summed E-state index contributed by atoms with van der Waals surface area (Å²) in [6.07, 6.45) is 3.28. The zero-order chi connectivity index (χ0) is 10.7. The standard InChI is InChI=1S/C12H19NOS/c1-9-5-6-11(14-9)8-13-10(2)12-4-3-7-15-12/h3-4,7,9-11,13H,5-6,8H2,1-2H3. The van der Waals surface area contributed by atoms with Gasteiger partial charge in [0.15, 0.2) is 0 Å². The van der Waals surface area contributed by atoms with Crippen molar-refractivity contribution in [3.8, 4) is 0 Å². The van der Waals surface area contributed by atoms with Gasteiger partial charge in [0.25, 0.3) is 0 Å². The van der Waals surface area contributed by atoms with E-state index in [1.54, 1.807) is 0 Å². The minimum atomic E-state index is 0.419. The average molecular weight is 225 g/mol. The minimum Gasteiger partial charge on any atom is -0.374 e. The molecule has 84 valence electrons. The lowest BCUT2D eigenvalue weighted by Crippen LogP contribution is -2.28. The van der Waals surface area contributed by atoms with E-state index >= 15 is 0 Å². The van der Waals surface area contributed by atoms with Crippen molar-refractivity contribution in [3.63, 3.8) is 0 Å². The van der Waals surface area contributed by atoms with E-state index in [0.29, 0.717) is 18.2 Å². The van der Waals surface area contributed by atoms with Crippen LogP contribution in [0.2, 0.25) is 0 Å². The monoisotopic (exact) mass is 225 g/mol. The van der Waals surface area contributed by atoms with E-state index < -0.39 is 0 Å². The number of ether oxygens (including phenoxy) is 1. The maximum absolute atomic E-state index is 5.77. The van der Waals surface area contributed by atoms with E-state index in [-0.39, 0.29) is 0 Å². The van der Waals surface area contributed by atoms with Gasteiger partial charge < -0.3 is 10.1 Å². The summed E-state index contributed by atoms with van der Waals surface area (Å²) in [6.45, 7) is 5.34. The maximum atomic E-state index is 5.77. The fraction of sp³-hybridized carbons (Fsp3) is 0.667. The Balaban J connectivity index is 1.74. The molecule has 0 amide bonds. The van der Waals surface area contributed by atoms with Crippen molar-refractivity contribution in [2.75, 3.05) is 6.54 Å². The van der Waals surface area contributed by atoms with Crippen LogP contribution in [0.3, 0.4) is 0 Å². The molecule has 3 atom stereocenters. The highest BCUT2D eigenvalue weighted by Crippen LogP contribution is 2.21. The van der Waals surface area contributed by atoms with Gasteiger partial charge in [0.05, 0.1) is 12.2 Å². The highest BCUT2D eigenvalue weighted by atomic mass is 32.1. The van der Waals surface area contributed by atoms with Crippen LogP contribution in [0.25, 0.3) is 0 Å². The summed E-state index contributed by atoms with van der Waals surface area (Å²) in [5.74, 6) is 0. The summed E-state index contributed by atoms with van der Waals surface area (Å²) in [5, 5.41) is 5.66. The first-order valence-corrected chi connectivity index (χ1v) is 6.56. The Labute approximate surface area is 95.6 Å². The molecule has 1 aromatic heterocycles. The largest absolute Gasteiger partial charge is 0.374 e. The van der Waals surface area contributed by atoms with Gasteiger partial charge in [-0.1, -0.05) is 6.07 Å². The highest BCUT2D eigenvalue weighted by Gasteiger charge is 2.21. The molecule has 0 aliphatic carbocycles. The number of thiophene rings is 1. The van der Waals surface area contributed by atoms with Gasteiger partial charge in [-0.25, -0.2) is 0 Å². The molecule has 1 N–H and O–H groups in total. The molecule has 1 fully saturated rings. The molecule has 1 saturated heterocycles. The number of nitrogens with one attached hydrogen (secondary N) is 1. The molecule has 2 nitrogen and oxygen atoms in total. The van der Waals surface area contributed by atoms with Crippen LogP contribution < -0.4 is 5.32 Å². The molecule has 3 unspecified atom stereocenters. The third kappa shape index (κ3) is 3.03. The summed E-state index contributed by atoms with van der Waals surface area (Å²) in [4.78, 5) is 1.40. The predicted octanol–water partition coefficient (Wildman–Crippen LogP) is 2.97. The molecular formula is C12H19NOS. The van der Waals surface area contributed by atoms with Gasteiger partial charge in [0.1, 0.15) is 0 Å². The van der Waals surface area contributed by atoms with Crippen LogP contribution in [0, 0.1) is 0 Å². The van der Waals surface area contributed by atoms with Crippen molar-refractivity contribution in [3.05, 3.63) is 22.4 Å². The maximum Gasteiger partial charge on any atom is 0.0704 e. The lowest BCUT2D eigenvalue weighted by atomic mass is 10.2. The zero-order valence-corrected chi connectivity index (χ0v) is 10.2. The molecular weight excluding hydrogens is 206 g/mol. The van der Waals surface area contributed by atoms with Crippen molar-refractivity contribution >= 4 is 11.3 Å². The number of hydrogen-bond acceptors (Lipinski definition) is 3. The van der Waals surface area contributed by atoms with Crippen molar-refractivity contribution in [1.82, 2.24) is 5.32 Å². The van der Waals surface area contributed by atoms with Gasteiger partial charge >= 0.3 is 0 Å². The van der Waals surface area contributed by atoms with Gasteiger partial charge in [0, 0.05) is 17.5 Å². The van der Waals surface area contributed by atoms with Crippen LogP contribution in [-0.4, -0.2) is 18.8 Å². The summed E-state index contributed by atoms with van der Waals surface area (Å²) < 4.78 is 5.77. The molecule has 3 heteroatoms. The van der Waals surface area contributed by atoms with Crippen molar-refractivity contribution in [2.45, 2.75) is 44.9 Å². The van der Waals surface area contributed by atoms with Crippen LogP contribution in [-0.2, 0) is 4.74 Å². The number of hydrogen-bond donors (Lipinski definition) is 1. The second kappa shape index (κ2) is 5.10. The predicted molar refractivity (Wildman–Crippen MR) is 64.3 cm³/mol. The molecule has 1 aromatic rings. The van der Waals surface area contributed by atoms with E-state index in [1.165, 1.54) is 17.7 Å². The SMILES string of the molecule is CC1CCC(CNC(C)c2cccs2)O1. The molecule has 15 heavy (non-hydrogen) atoms. The number of rotatable bonds is 4. The van der Waals surface area contributed by atoms with Crippen LogP contribution >= 0.6 is 11.3 Å². The molecule has 2 rings (SSSR count). The Morgan fingerprint density at radius 2 is 2.47 bits per heavy atom. The summed E-state index contributed by atoms with van der Waals surface area (Å²) in [5.41, 5.74) is 0. The van der Waals surface area contributed by atoms with Crippen molar-refractivity contribution in [2.24, 2.45) is 0 Å². The van der Waals surface area contributed by atoms with E-state index in [1.807, 2.05) is 11.3 Å². The first-order valence-electron chi connectivity index (χ1n) is 5.68. The quantitative estimate of drug-likeness (QED) is 0.850. The summed E-state index contributed by atoms with van der Waals surface area (Å²) >= 11 is 1.81. The first-order chi connectivity index (χ1) is 7.25. The molecule has 0 saturated carbocycles. The summed E-state index contributed by atoms with van der Waals surface area (Å²) in [6, 6.07) is 4.73. The fourth-order valence-corrected chi connectivity index (χ4v) is 2.74. The van der Waals surface area contributed by atoms with E-state index in [4.69, 9.17) is 4.74 Å². The molecule has 1 aliphatic heterocycles. The van der Waals surface area contributed by atoms with Gasteiger partial charge in [-0.05, 0) is 38.1 Å². The molecule has 1 aliphatic rings. The molecule has 0 radical (unpaired) electrons. The first kappa shape index (κ1) is 11.1. The van der Waals surface area contributed by atoms with E-state index in [2.05, 4.69) is 36.7 Å². The highest BCUT2D eigenvalue weighted by molar-refractivity contribution is 7.10.